The molecule has 9 heteroatoms. The third-order valence-electron chi connectivity index (χ3n) is 4.57. The van der Waals surface area contributed by atoms with Gasteiger partial charge in [-0.3, -0.25) is 0 Å². The molecule has 0 amide bonds. The van der Waals surface area contributed by atoms with Crippen molar-refractivity contribution in [3.63, 3.8) is 0 Å². The number of hydrogen-bond acceptors (Lipinski definition) is 0. The summed E-state index contributed by atoms with van der Waals surface area (Å²) in [5.74, 6) is 0. The van der Waals surface area contributed by atoms with Crippen molar-refractivity contribution in [3.05, 3.63) is 121 Å². The minimum absolute atomic E-state index is 0. The van der Waals surface area contributed by atoms with Gasteiger partial charge < -0.3 is 12.4 Å². The zero-order valence-corrected chi connectivity index (χ0v) is 28.6. The molecule has 0 nitrogen and oxygen atoms in total. The molecule has 4 aromatic carbocycles. The number of hydrogen-bond donors (Lipinski definition) is 0. The van der Waals surface area contributed by atoms with Crippen LogP contribution in [0.1, 0.15) is 0 Å². The topological polar surface area (TPSA) is 0 Å². The second-order valence-electron chi connectivity index (χ2n) is 6.67. The van der Waals surface area contributed by atoms with E-state index in [1.54, 1.807) is 0 Å². The fourth-order valence-corrected chi connectivity index (χ4v) is 5.98. The molecule has 0 heterocycles. The van der Waals surface area contributed by atoms with Gasteiger partial charge in [0.2, 0.25) is 0 Å². The molecule has 0 N–H and O–H groups in total. The molecule has 0 fully saturated rings. The summed E-state index contributed by atoms with van der Waals surface area (Å²) < 4.78 is 0. The van der Waals surface area contributed by atoms with Crippen molar-refractivity contribution in [2.24, 2.45) is 0 Å². The van der Waals surface area contributed by atoms with Crippen LogP contribution < -0.4 is 33.6 Å². The average Bonchev–Trinajstić information content (AvgIpc) is 2.85. The summed E-state index contributed by atoms with van der Waals surface area (Å²) in [6, 6.07) is 42.8. The maximum atomic E-state index is 4.97. The first kappa shape index (κ1) is 38.1. The van der Waals surface area contributed by atoms with E-state index in [-0.39, 0.29) is 69.1 Å². The molecule has 0 bridgehead atoms. The first-order valence-electron chi connectivity index (χ1n) is 10.00. The number of halogens is 4. The Morgan fingerprint density at radius 2 is 0.571 bits per heavy atom. The van der Waals surface area contributed by atoms with Gasteiger partial charge in [0.05, 0.1) is 0 Å². The van der Waals surface area contributed by atoms with Gasteiger partial charge in [0, 0.05) is 40.8 Å². The standard InChI is InChI=1S/2C13H13P.4ClH.2Pd.Ti/c2*1-14(12-8-4-2-5-9-12)13-10-6-3-7-11-13;;;;;;;/h2*2-11H,1H3;4*1H;;;/q;;;;;;;;+4/p-4. The fourth-order valence-electron chi connectivity index (χ4n) is 2.90. The second-order valence-corrected chi connectivity index (χ2v) is 18.7. The molecule has 4 rings (SSSR count). The summed E-state index contributed by atoms with van der Waals surface area (Å²) in [7, 11) is 14.6. The van der Waals surface area contributed by atoms with Crippen LogP contribution in [0.4, 0.5) is 0 Å². The van der Waals surface area contributed by atoms with Gasteiger partial charge in [-0.05, 0) is 50.4 Å². The molecule has 0 saturated heterocycles. The first-order chi connectivity index (χ1) is 15.5. The Hall–Kier alpha value is 0.939. The van der Waals surface area contributed by atoms with Crippen molar-refractivity contribution in [1.82, 2.24) is 0 Å². The molecule has 0 aliphatic heterocycles. The molecule has 0 aliphatic carbocycles. The number of benzene rings is 4. The van der Waals surface area contributed by atoms with Crippen LogP contribution in [0, 0.1) is 0 Å². The van der Waals surface area contributed by atoms with Gasteiger partial charge in [0.1, 0.15) is 0 Å². The van der Waals surface area contributed by atoms with Gasteiger partial charge in [-0.15, -0.1) is 0 Å². The summed E-state index contributed by atoms with van der Waals surface area (Å²) in [4.78, 5) is 0. The van der Waals surface area contributed by atoms with Crippen LogP contribution in [0.3, 0.4) is 0 Å². The third-order valence-corrected chi connectivity index (χ3v) is 8.86. The minimum atomic E-state index is -1.92. The Morgan fingerprint density at radius 1 is 0.429 bits per heavy atom. The van der Waals surface area contributed by atoms with Crippen LogP contribution >= 0.6 is 43.8 Å². The van der Waals surface area contributed by atoms with Crippen molar-refractivity contribution in [1.29, 1.82) is 0 Å². The molecule has 0 atom stereocenters. The molecular weight excluding hydrogens is 777 g/mol. The molecule has 192 valence electrons. The quantitative estimate of drug-likeness (QED) is 0.210. The average molecular weight is 803 g/mol. The summed E-state index contributed by atoms with van der Waals surface area (Å²) in [5, 5.41) is 5.75. The Kier molecular flexibility index (Phi) is 24.9. The van der Waals surface area contributed by atoms with Gasteiger partial charge in [-0.2, -0.15) is 0 Å². The van der Waals surface area contributed by atoms with E-state index in [9.17, 15) is 0 Å². The zero-order valence-electron chi connectivity index (χ0n) is 19.1. The molecule has 0 radical (unpaired) electrons. The van der Waals surface area contributed by atoms with Gasteiger partial charge in [-0.25, -0.2) is 0 Å². The predicted molar refractivity (Wildman–Crippen MR) is 148 cm³/mol. The molecule has 0 aromatic heterocycles. The van der Waals surface area contributed by atoms with Crippen molar-refractivity contribution in [2.45, 2.75) is 0 Å². The molecule has 4 aromatic rings. The molecule has 35 heavy (non-hydrogen) atoms. The smallest absolute Gasteiger partial charge is 0 e. The zero-order chi connectivity index (χ0) is 23.2. The van der Waals surface area contributed by atoms with Crippen LogP contribution in [-0.2, 0) is 55.5 Å². The summed E-state index contributed by atoms with van der Waals surface area (Å²) in [6.07, 6.45) is 0. The Morgan fingerprint density at radius 3 is 0.714 bits per heavy atom. The number of rotatable bonds is 4. The van der Waals surface area contributed by atoms with Crippen LogP contribution in [0.15, 0.2) is 121 Å². The maximum absolute atomic E-state index is 4.97. The van der Waals surface area contributed by atoms with Crippen LogP contribution in [-0.4, -0.2) is 13.3 Å². The van der Waals surface area contributed by atoms with Crippen molar-refractivity contribution in [2.75, 3.05) is 13.3 Å². The summed E-state index contributed by atoms with van der Waals surface area (Å²) >= 11 is -1.92. The Balaban J connectivity index is 0. The van der Waals surface area contributed by atoms with Gasteiger partial charge >= 0.3 is 42.6 Å². The van der Waals surface area contributed by atoms with E-state index in [1.807, 2.05) is 0 Å². The largest absolute Gasteiger partial charge is 0 e. The van der Waals surface area contributed by atoms with Crippen LogP contribution in [0.25, 0.3) is 0 Å². The summed E-state index contributed by atoms with van der Waals surface area (Å²) in [5.41, 5.74) is 0. The van der Waals surface area contributed by atoms with Crippen LogP contribution in [0.2, 0.25) is 0 Å². The van der Waals surface area contributed by atoms with Crippen molar-refractivity contribution in [3.8, 4) is 0 Å². The van der Waals surface area contributed by atoms with Crippen LogP contribution in [0.5, 0.6) is 0 Å². The molecule has 0 unspecified atom stereocenters. The van der Waals surface area contributed by atoms with Gasteiger partial charge in [0.25, 0.3) is 0 Å². The van der Waals surface area contributed by atoms with E-state index in [0.717, 1.165) is 0 Å². The minimum Gasteiger partial charge on any atom is 0 e. The van der Waals surface area contributed by atoms with E-state index in [4.69, 9.17) is 27.9 Å². The van der Waals surface area contributed by atoms with Gasteiger partial charge in [0.15, 0.2) is 0 Å². The first-order valence-corrected chi connectivity index (χ1v) is 20.0. The Bertz CT molecular complexity index is 840. The molecular formula is C26H26Cl4P2Pd2Ti. The van der Waals surface area contributed by atoms with E-state index in [2.05, 4.69) is 135 Å². The van der Waals surface area contributed by atoms with Gasteiger partial charge in [-0.1, -0.05) is 121 Å². The second kappa shape index (κ2) is 22.9. The molecule has 0 aliphatic rings. The Labute approximate surface area is 264 Å². The monoisotopic (exact) mass is 800 g/mol. The van der Waals surface area contributed by atoms with E-state index in [1.165, 1.54) is 21.2 Å². The molecule has 0 spiro atoms. The third kappa shape index (κ3) is 15.8. The predicted octanol–water partition coefficient (Wildman–Crippen LogP) is 4.56. The normalized spacial score (nSPS) is 9.11. The van der Waals surface area contributed by atoms with Crippen molar-refractivity contribution >= 4 is 65.0 Å². The maximum Gasteiger partial charge on any atom is 0 e. The van der Waals surface area contributed by atoms with E-state index < -0.39 is 14.7 Å². The van der Waals surface area contributed by atoms with E-state index in [0.29, 0.717) is 0 Å². The summed E-state index contributed by atoms with van der Waals surface area (Å²) in [6.45, 7) is 4.61. The van der Waals surface area contributed by atoms with Crippen molar-refractivity contribution < 1.29 is 67.9 Å². The fraction of sp³-hybridized carbons (Fsp3) is 0.0769. The van der Waals surface area contributed by atoms with E-state index >= 15 is 0 Å². The molecule has 0 saturated carbocycles. The SMILES string of the molecule is CP(c1ccccc1)c1ccccc1.CP(c1ccccc1)c1ccccc1.[Cl-].[Cl][Ti+]([Cl])[Cl].[Pd].[Pd].